The van der Waals surface area contributed by atoms with Gasteiger partial charge < -0.3 is 15.8 Å². The summed E-state index contributed by atoms with van der Waals surface area (Å²) in [6.07, 6.45) is 2.81. The van der Waals surface area contributed by atoms with Crippen molar-refractivity contribution >= 4 is 5.91 Å². The molecule has 1 saturated carbocycles. The number of hydrogen-bond acceptors (Lipinski definition) is 3. The summed E-state index contributed by atoms with van der Waals surface area (Å²) < 4.78 is 5.38. The van der Waals surface area contributed by atoms with Crippen LogP contribution in [0.3, 0.4) is 0 Å². The Morgan fingerprint density at radius 2 is 2.12 bits per heavy atom. The first-order chi connectivity index (χ1) is 8.04. The molecular formula is C13H26N2O2. The maximum absolute atomic E-state index is 11.8. The molecule has 0 radical (unpaired) electrons. The summed E-state index contributed by atoms with van der Waals surface area (Å²) in [5, 5.41) is 3.02. The van der Waals surface area contributed by atoms with Gasteiger partial charge in [-0.2, -0.15) is 0 Å². The first-order valence-corrected chi connectivity index (χ1v) is 6.67. The van der Waals surface area contributed by atoms with Crippen molar-refractivity contribution in [3.63, 3.8) is 0 Å². The molecule has 0 spiro atoms. The Bertz CT molecular complexity index is 240. The molecule has 0 aromatic carbocycles. The molecule has 0 aromatic rings. The molecule has 1 fully saturated rings. The molecule has 17 heavy (non-hydrogen) atoms. The average Bonchev–Trinajstić information content (AvgIpc) is 3.07. The minimum atomic E-state index is 0.0369. The molecule has 1 rings (SSSR count). The molecule has 1 aliphatic rings. The van der Waals surface area contributed by atoms with E-state index in [-0.39, 0.29) is 18.0 Å². The molecule has 2 unspecified atom stereocenters. The van der Waals surface area contributed by atoms with Crippen LogP contribution in [0.4, 0.5) is 0 Å². The van der Waals surface area contributed by atoms with Gasteiger partial charge in [0.2, 0.25) is 5.91 Å². The fourth-order valence-electron chi connectivity index (χ4n) is 1.82. The third kappa shape index (κ3) is 5.50. The van der Waals surface area contributed by atoms with Crippen molar-refractivity contribution < 1.29 is 9.53 Å². The topological polar surface area (TPSA) is 64.3 Å². The van der Waals surface area contributed by atoms with Crippen molar-refractivity contribution in [3.05, 3.63) is 0 Å². The molecule has 1 aliphatic carbocycles. The zero-order chi connectivity index (χ0) is 12.8. The van der Waals surface area contributed by atoms with Crippen LogP contribution in [0.2, 0.25) is 0 Å². The van der Waals surface area contributed by atoms with Crippen LogP contribution in [0, 0.1) is 11.8 Å². The summed E-state index contributed by atoms with van der Waals surface area (Å²) in [4.78, 5) is 11.8. The highest BCUT2D eigenvalue weighted by atomic mass is 16.5. The highest BCUT2D eigenvalue weighted by Crippen LogP contribution is 2.32. The number of carbonyl (C=O) groups is 1. The average molecular weight is 242 g/mol. The van der Waals surface area contributed by atoms with Crippen LogP contribution in [-0.4, -0.2) is 31.2 Å². The van der Waals surface area contributed by atoms with E-state index in [2.05, 4.69) is 19.2 Å². The maximum atomic E-state index is 11.8. The van der Waals surface area contributed by atoms with Gasteiger partial charge in [0.1, 0.15) is 0 Å². The molecule has 4 heteroatoms. The van der Waals surface area contributed by atoms with Gasteiger partial charge in [-0.3, -0.25) is 4.79 Å². The summed E-state index contributed by atoms with van der Waals surface area (Å²) in [5.74, 6) is 1.01. The van der Waals surface area contributed by atoms with Crippen LogP contribution in [0.15, 0.2) is 0 Å². The zero-order valence-electron chi connectivity index (χ0n) is 11.2. The lowest BCUT2D eigenvalue weighted by Gasteiger charge is -2.23. The maximum Gasteiger partial charge on any atom is 0.221 e. The van der Waals surface area contributed by atoms with Gasteiger partial charge in [-0.15, -0.1) is 0 Å². The molecule has 0 bridgehead atoms. The third-order valence-corrected chi connectivity index (χ3v) is 3.30. The third-order valence-electron chi connectivity index (χ3n) is 3.30. The molecule has 0 aliphatic heterocycles. The summed E-state index contributed by atoms with van der Waals surface area (Å²) in [6.45, 7) is 7.40. The van der Waals surface area contributed by atoms with Gasteiger partial charge in [-0.1, -0.05) is 13.8 Å². The number of nitrogens with one attached hydrogen (secondary N) is 1. The molecule has 0 saturated heterocycles. The van der Waals surface area contributed by atoms with E-state index in [4.69, 9.17) is 10.5 Å². The van der Waals surface area contributed by atoms with Crippen LogP contribution in [0.1, 0.15) is 40.0 Å². The van der Waals surface area contributed by atoms with Gasteiger partial charge in [0.05, 0.1) is 12.6 Å². The number of nitrogens with two attached hydrogens (primary N) is 1. The largest absolute Gasteiger partial charge is 0.380 e. The van der Waals surface area contributed by atoms with E-state index in [0.717, 1.165) is 0 Å². The van der Waals surface area contributed by atoms with E-state index in [1.165, 1.54) is 12.8 Å². The fourth-order valence-corrected chi connectivity index (χ4v) is 1.82. The number of hydrogen-bond donors (Lipinski definition) is 2. The van der Waals surface area contributed by atoms with Crippen molar-refractivity contribution in [1.82, 2.24) is 5.32 Å². The molecular weight excluding hydrogens is 216 g/mol. The number of amides is 1. The van der Waals surface area contributed by atoms with Crippen LogP contribution < -0.4 is 11.1 Å². The zero-order valence-corrected chi connectivity index (χ0v) is 11.2. The van der Waals surface area contributed by atoms with E-state index in [9.17, 15) is 4.79 Å². The SMILES string of the molecule is CCOCC(NC(=O)CC(N)C1CC1)C(C)C. The summed E-state index contributed by atoms with van der Waals surface area (Å²) in [6, 6.07) is 0.128. The molecule has 3 N–H and O–H groups in total. The van der Waals surface area contributed by atoms with Crippen molar-refractivity contribution in [1.29, 1.82) is 0 Å². The van der Waals surface area contributed by atoms with Gasteiger partial charge in [0.25, 0.3) is 0 Å². The Kier molecular flexibility index (Phi) is 5.92. The normalized spacial score (nSPS) is 19.1. The molecule has 1 amide bonds. The highest BCUT2D eigenvalue weighted by molar-refractivity contribution is 5.77. The Hall–Kier alpha value is -0.610. The lowest BCUT2D eigenvalue weighted by Crippen LogP contribution is -2.44. The Morgan fingerprint density at radius 3 is 2.59 bits per heavy atom. The summed E-state index contributed by atoms with van der Waals surface area (Å²) in [5.41, 5.74) is 5.94. The fraction of sp³-hybridized carbons (Fsp3) is 0.923. The van der Waals surface area contributed by atoms with E-state index >= 15 is 0 Å². The van der Waals surface area contributed by atoms with Gasteiger partial charge in [0, 0.05) is 19.1 Å². The van der Waals surface area contributed by atoms with Gasteiger partial charge in [-0.25, -0.2) is 0 Å². The second-order valence-electron chi connectivity index (χ2n) is 5.28. The number of rotatable bonds is 8. The van der Waals surface area contributed by atoms with Gasteiger partial charge in [0.15, 0.2) is 0 Å². The number of carbonyl (C=O) groups excluding carboxylic acids is 1. The standard InChI is InChI=1S/C13H26N2O2/c1-4-17-8-12(9(2)3)15-13(16)7-11(14)10-5-6-10/h9-12H,4-8,14H2,1-3H3,(H,15,16). The van der Waals surface area contributed by atoms with Crippen LogP contribution >= 0.6 is 0 Å². The second-order valence-corrected chi connectivity index (χ2v) is 5.28. The van der Waals surface area contributed by atoms with E-state index in [1.54, 1.807) is 0 Å². The first-order valence-electron chi connectivity index (χ1n) is 6.67. The smallest absolute Gasteiger partial charge is 0.221 e. The predicted octanol–water partition coefficient (Wildman–Crippen LogP) is 1.29. The van der Waals surface area contributed by atoms with E-state index in [1.807, 2.05) is 6.92 Å². The molecule has 0 heterocycles. The highest BCUT2D eigenvalue weighted by Gasteiger charge is 2.30. The number of ether oxygens (including phenoxy) is 1. The van der Waals surface area contributed by atoms with Crippen molar-refractivity contribution in [2.45, 2.75) is 52.1 Å². The quantitative estimate of drug-likeness (QED) is 0.674. The lowest BCUT2D eigenvalue weighted by atomic mass is 10.0. The van der Waals surface area contributed by atoms with Crippen molar-refractivity contribution in [3.8, 4) is 0 Å². The van der Waals surface area contributed by atoms with Crippen LogP contribution in [-0.2, 0) is 9.53 Å². The predicted molar refractivity (Wildman–Crippen MR) is 68.6 cm³/mol. The molecule has 2 atom stereocenters. The lowest BCUT2D eigenvalue weighted by molar-refractivity contribution is -0.123. The molecule has 0 aromatic heterocycles. The van der Waals surface area contributed by atoms with Crippen LogP contribution in [0.25, 0.3) is 0 Å². The Balaban J connectivity index is 2.29. The van der Waals surface area contributed by atoms with Gasteiger partial charge in [-0.05, 0) is 31.6 Å². The minimum Gasteiger partial charge on any atom is -0.380 e. The first kappa shape index (κ1) is 14.5. The van der Waals surface area contributed by atoms with Gasteiger partial charge >= 0.3 is 0 Å². The van der Waals surface area contributed by atoms with Crippen molar-refractivity contribution in [2.24, 2.45) is 17.6 Å². The van der Waals surface area contributed by atoms with E-state index in [0.29, 0.717) is 31.5 Å². The summed E-state index contributed by atoms with van der Waals surface area (Å²) in [7, 11) is 0. The minimum absolute atomic E-state index is 0.0369. The van der Waals surface area contributed by atoms with Crippen molar-refractivity contribution in [2.75, 3.05) is 13.2 Å². The second kappa shape index (κ2) is 6.97. The molecule has 100 valence electrons. The monoisotopic (exact) mass is 242 g/mol. The Morgan fingerprint density at radius 1 is 1.47 bits per heavy atom. The van der Waals surface area contributed by atoms with E-state index < -0.39 is 0 Å². The summed E-state index contributed by atoms with van der Waals surface area (Å²) >= 11 is 0. The van der Waals surface area contributed by atoms with Crippen LogP contribution in [0.5, 0.6) is 0 Å². The molecule has 4 nitrogen and oxygen atoms in total. The Labute approximate surface area is 104 Å².